The van der Waals surface area contributed by atoms with E-state index in [9.17, 15) is 5.11 Å². The molecule has 1 aromatic rings. The Morgan fingerprint density at radius 1 is 1.43 bits per heavy atom. The van der Waals surface area contributed by atoms with E-state index in [1.165, 1.54) is 11.1 Å². The first-order chi connectivity index (χ1) is 6.70. The summed E-state index contributed by atoms with van der Waals surface area (Å²) in [5, 5.41) is 9.78. The van der Waals surface area contributed by atoms with Gasteiger partial charge in [-0.2, -0.15) is 0 Å². The van der Waals surface area contributed by atoms with Crippen molar-refractivity contribution in [3.05, 3.63) is 35.4 Å². The summed E-state index contributed by atoms with van der Waals surface area (Å²) >= 11 is 0. The van der Waals surface area contributed by atoms with Gasteiger partial charge in [-0.3, -0.25) is 0 Å². The molecule has 1 fully saturated rings. The van der Waals surface area contributed by atoms with Crippen LogP contribution in [0.15, 0.2) is 24.3 Å². The zero-order valence-corrected chi connectivity index (χ0v) is 8.53. The van der Waals surface area contributed by atoms with Crippen LogP contribution >= 0.6 is 0 Å². The van der Waals surface area contributed by atoms with E-state index in [-0.39, 0.29) is 11.5 Å². The van der Waals surface area contributed by atoms with Crippen molar-refractivity contribution in [1.29, 1.82) is 0 Å². The Kier molecular flexibility index (Phi) is 2.33. The maximum Gasteiger partial charge on any atom is 0.0608 e. The standard InChI is InChI=1S/C12H17NO/c1-9(14)12(6-7-12)11-5-3-2-4-10(11)8-13/h2-5,9,14H,6-8,13H2,1H3. The van der Waals surface area contributed by atoms with Crippen molar-refractivity contribution in [3.63, 3.8) is 0 Å². The van der Waals surface area contributed by atoms with Crippen LogP contribution in [0.3, 0.4) is 0 Å². The van der Waals surface area contributed by atoms with Gasteiger partial charge in [0.2, 0.25) is 0 Å². The molecule has 1 aromatic carbocycles. The van der Waals surface area contributed by atoms with Gasteiger partial charge < -0.3 is 10.8 Å². The first-order valence-corrected chi connectivity index (χ1v) is 5.17. The van der Waals surface area contributed by atoms with Crippen LogP contribution in [0.1, 0.15) is 30.9 Å². The summed E-state index contributed by atoms with van der Waals surface area (Å²) < 4.78 is 0. The van der Waals surface area contributed by atoms with Crippen LogP contribution in [0.2, 0.25) is 0 Å². The van der Waals surface area contributed by atoms with Crippen LogP contribution in [0.4, 0.5) is 0 Å². The molecule has 0 spiro atoms. The van der Waals surface area contributed by atoms with Gasteiger partial charge in [-0.15, -0.1) is 0 Å². The Hall–Kier alpha value is -0.860. The van der Waals surface area contributed by atoms with Crippen LogP contribution in [-0.4, -0.2) is 11.2 Å². The molecule has 76 valence electrons. The molecule has 1 unspecified atom stereocenters. The number of aliphatic hydroxyl groups excluding tert-OH is 1. The van der Waals surface area contributed by atoms with E-state index in [0.29, 0.717) is 6.54 Å². The fraction of sp³-hybridized carbons (Fsp3) is 0.500. The highest BCUT2D eigenvalue weighted by Crippen LogP contribution is 2.51. The molecule has 1 aliphatic carbocycles. The Morgan fingerprint density at radius 3 is 2.57 bits per heavy atom. The molecule has 0 radical (unpaired) electrons. The lowest BCUT2D eigenvalue weighted by atomic mass is 9.87. The quantitative estimate of drug-likeness (QED) is 0.761. The van der Waals surface area contributed by atoms with Gasteiger partial charge in [0.25, 0.3) is 0 Å². The maximum atomic E-state index is 9.78. The molecule has 2 heteroatoms. The molecule has 0 aromatic heterocycles. The highest BCUT2D eigenvalue weighted by atomic mass is 16.3. The van der Waals surface area contributed by atoms with Gasteiger partial charge in [0.1, 0.15) is 0 Å². The van der Waals surface area contributed by atoms with Crippen LogP contribution in [0.5, 0.6) is 0 Å². The van der Waals surface area contributed by atoms with E-state index in [1.807, 2.05) is 19.1 Å². The minimum atomic E-state index is -0.268. The van der Waals surface area contributed by atoms with Crippen LogP contribution in [-0.2, 0) is 12.0 Å². The second kappa shape index (κ2) is 3.37. The first kappa shape index (κ1) is 9.69. The summed E-state index contributed by atoms with van der Waals surface area (Å²) in [6, 6.07) is 8.18. The average Bonchev–Trinajstić information content (AvgIpc) is 2.98. The molecule has 0 aliphatic heterocycles. The highest BCUT2D eigenvalue weighted by Gasteiger charge is 2.49. The predicted molar refractivity (Wildman–Crippen MR) is 56.9 cm³/mol. The summed E-state index contributed by atoms with van der Waals surface area (Å²) in [6.07, 6.45) is 1.90. The Labute approximate surface area is 84.7 Å². The third kappa shape index (κ3) is 1.35. The monoisotopic (exact) mass is 191 g/mol. The van der Waals surface area contributed by atoms with Gasteiger partial charge >= 0.3 is 0 Å². The van der Waals surface area contributed by atoms with E-state index in [2.05, 4.69) is 12.1 Å². The van der Waals surface area contributed by atoms with Gasteiger partial charge in [-0.05, 0) is 30.9 Å². The molecular weight excluding hydrogens is 174 g/mol. The Balaban J connectivity index is 2.41. The normalized spacial score (nSPS) is 20.5. The van der Waals surface area contributed by atoms with Crippen LogP contribution < -0.4 is 5.73 Å². The van der Waals surface area contributed by atoms with Crippen molar-refractivity contribution in [3.8, 4) is 0 Å². The zero-order chi connectivity index (χ0) is 10.2. The number of nitrogens with two attached hydrogens (primary N) is 1. The number of hydrogen-bond acceptors (Lipinski definition) is 2. The van der Waals surface area contributed by atoms with Gasteiger partial charge in [0, 0.05) is 12.0 Å². The van der Waals surface area contributed by atoms with Gasteiger partial charge in [0.05, 0.1) is 6.10 Å². The summed E-state index contributed by atoms with van der Waals surface area (Å²) in [5.41, 5.74) is 8.12. The molecule has 1 atom stereocenters. The third-order valence-electron chi connectivity index (χ3n) is 3.36. The van der Waals surface area contributed by atoms with Crippen molar-refractivity contribution in [2.75, 3.05) is 0 Å². The molecule has 0 saturated heterocycles. The molecule has 3 N–H and O–H groups in total. The fourth-order valence-electron chi connectivity index (χ4n) is 2.23. The van der Waals surface area contributed by atoms with Crippen LogP contribution in [0, 0.1) is 0 Å². The molecule has 0 bridgehead atoms. The van der Waals surface area contributed by atoms with Crippen molar-refractivity contribution < 1.29 is 5.11 Å². The molecular formula is C12H17NO. The van der Waals surface area contributed by atoms with Gasteiger partial charge in [-0.25, -0.2) is 0 Å². The fourth-order valence-corrected chi connectivity index (χ4v) is 2.23. The largest absolute Gasteiger partial charge is 0.392 e. The third-order valence-corrected chi connectivity index (χ3v) is 3.36. The molecule has 0 heterocycles. The van der Waals surface area contributed by atoms with Gasteiger partial charge in [0.15, 0.2) is 0 Å². The zero-order valence-electron chi connectivity index (χ0n) is 8.53. The SMILES string of the molecule is CC(O)C1(c2ccccc2CN)CC1. The van der Waals surface area contributed by atoms with Crippen LogP contribution in [0.25, 0.3) is 0 Å². The number of aliphatic hydroxyl groups is 1. The second-order valence-electron chi connectivity index (χ2n) is 4.19. The summed E-state index contributed by atoms with van der Waals surface area (Å²) in [7, 11) is 0. The molecule has 1 aliphatic rings. The molecule has 14 heavy (non-hydrogen) atoms. The first-order valence-electron chi connectivity index (χ1n) is 5.17. The minimum absolute atomic E-state index is 0.00988. The van der Waals surface area contributed by atoms with Crippen molar-refractivity contribution in [2.45, 2.75) is 37.8 Å². The second-order valence-corrected chi connectivity index (χ2v) is 4.19. The van der Waals surface area contributed by atoms with E-state index >= 15 is 0 Å². The van der Waals surface area contributed by atoms with Crippen molar-refractivity contribution in [2.24, 2.45) is 5.73 Å². The molecule has 2 rings (SSSR count). The summed E-state index contributed by atoms with van der Waals surface area (Å²) in [5.74, 6) is 0. The van der Waals surface area contributed by atoms with E-state index in [4.69, 9.17) is 5.73 Å². The Morgan fingerprint density at radius 2 is 2.07 bits per heavy atom. The number of rotatable bonds is 3. The lowest BCUT2D eigenvalue weighted by Gasteiger charge is -2.21. The lowest BCUT2D eigenvalue weighted by Crippen LogP contribution is -2.24. The molecule has 0 amide bonds. The summed E-state index contributed by atoms with van der Waals surface area (Å²) in [4.78, 5) is 0. The number of hydrogen-bond donors (Lipinski definition) is 2. The maximum absolute atomic E-state index is 9.78. The van der Waals surface area contributed by atoms with Gasteiger partial charge in [-0.1, -0.05) is 24.3 Å². The van der Waals surface area contributed by atoms with E-state index < -0.39 is 0 Å². The predicted octanol–water partition coefficient (Wildman–Crippen LogP) is 1.56. The van der Waals surface area contributed by atoms with Crippen molar-refractivity contribution in [1.82, 2.24) is 0 Å². The number of benzene rings is 1. The smallest absolute Gasteiger partial charge is 0.0608 e. The molecule has 1 saturated carbocycles. The lowest BCUT2D eigenvalue weighted by molar-refractivity contribution is 0.150. The summed E-state index contributed by atoms with van der Waals surface area (Å²) in [6.45, 7) is 2.44. The van der Waals surface area contributed by atoms with E-state index in [0.717, 1.165) is 12.8 Å². The Bertz CT molecular complexity index is 329. The average molecular weight is 191 g/mol. The topological polar surface area (TPSA) is 46.2 Å². The van der Waals surface area contributed by atoms with Crippen molar-refractivity contribution >= 4 is 0 Å². The van der Waals surface area contributed by atoms with E-state index in [1.54, 1.807) is 0 Å². The molecule has 2 nitrogen and oxygen atoms in total. The highest BCUT2D eigenvalue weighted by molar-refractivity contribution is 5.39. The minimum Gasteiger partial charge on any atom is -0.392 e.